The Morgan fingerprint density at radius 3 is 2.70 bits per heavy atom. The van der Waals surface area contributed by atoms with Crippen LogP contribution in [0.15, 0.2) is 60.8 Å². The zero-order valence-corrected chi connectivity index (χ0v) is 20.8. The number of aromatic nitrogens is 2. The molecule has 0 bridgehead atoms. The van der Waals surface area contributed by atoms with Gasteiger partial charge < -0.3 is 14.6 Å². The average molecular weight is 473 g/mol. The van der Waals surface area contributed by atoms with Crippen molar-refractivity contribution in [1.82, 2.24) is 9.78 Å². The van der Waals surface area contributed by atoms with Crippen molar-refractivity contribution < 1.29 is 48.6 Å². The van der Waals surface area contributed by atoms with E-state index in [2.05, 4.69) is 11.2 Å². The number of ether oxygens (including phenoxy) is 1. The molecule has 162 valence electrons. The topological polar surface area (TPSA) is 67.2 Å². The zero-order valence-electron chi connectivity index (χ0n) is 18.1. The third kappa shape index (κ3) is 5.09. The van der Waals surface area contributed by atoms with Crippen LogP contribution in [0.1, 0.15) is 45.8 Å². The van der Waals surface area contributed by atoms with Crippen LogP contribution in [-0.4, -0.2) is 15.7 Å². The van der Waals surface area contributed by atoms with E-state index in [0.717, 1.165) is 18.4 Å². The van der Waals surface area contributed by atoms with Gasteiger partial charge in [-0.3, -0.25) is 4.68 Å². The molecule has 0 amide bonds. The van der Waals surface area contributed by atoms with Crippen LogP contribution in [0.4, 0.5) is 4.39 Å². The molecule has 0 atom stereocenters. The number of hydrogen-bond donors (Lipinski definition) is 0. The Morgan fingerprint density at radius 2 is 1.97 bits per heavy atom. The first kappa shape index (κ1) is 23.8. The number of fused-ring (bicyclic) bond motifs is 1. The summed E-state index contributed by atoms with van der Waals surface area (Å²) in [6, 6.07) is 15.6. The van der Waals surface area contributed by atoms with Crippen LogP contribution >= 0.6 is 11.6 Å². The Kier molecular flexibility index (Phi) is 7.10. The second-order valence-corrected chi connectivity index (χ2v) is 8.43. The first-order valence-corrected chi connectivity index (χ1v) is 10.7. The van der Waals surface area contributed by atoms with E-state index < -0.39 is 11.8 Å². The molecule has 1 fully saturated rings. The Labute approximate surface area is 217 Å². The largest absolute Gasteiger partial charge is 1.00 e. The van der Waals surface area contributed by atoms with E-state index in [1.807, 2.05) is 18.2 Å². The standard InChI is InChI=1S/C25H20ClFN2O3.Na/c26-19-8-6-17(22(27)11-19)14-32-24-9-7-16(15-4-5-15)10-18(24)13-29-23-3-1-2-20(25(30)31)21(23)12-28-29;/h1-3,6-12,15H,4-5,13-14H2,(H,30,31);/q;+1/p-1. The normalized spacial score (nSPS) is 13.0. The van der Waals surface area contributed by atoms with Crippen molar-refractivity contribution in [2.45, 2.75) is 31.9 Å². The van der Waals surface area contributed by atoms with Gasteiger partial charge in [-0.25, -0.2) is 4.39 Å². The van der Waals surface area contributed by atoms with E-state index in [4.69, 9.17) is 16.3 Å². The third-order valence-corrected chi connectivity index (χ3v) is 5.99. The fourth-order valence-electron chi connectivity index (χ4n) is 3.90. The molecule has 4 aromatic rings. The minimum absolute atomic E-state index is 0. The summed E-state index contributed by atoms with van der Waals surface area (Å²) in [5.41, 5.74) is 3.34. The molecule has 33 heavy (non-hydrogen) atoms. The maximum atomic E-state index is 14.2. The number of nitrogens with zero attached hydrogens (tertiary/aromatic N) is 2. The molecule has 1 aromatic heterocycles. The van der Waals surface area contributed by atoms with Crippen LogP contribution < -0.4 is 39.4 Å². The molecule has 0 spiro atoms. The maximum absolute atomic E-state index is 14.2. The molecule has 5 rings (SSSR count). The second kappa shape index (κ2) is 9.85. The number of carbonyl (C=O) groups is 1. The number of benzene rings is 3. The van der Waals surface area contributed by atoms with Gasteiger partial charge in [0.05, 0.1) is 24.2 Å². The number of aromatic carboxylic acids is 1. The Balaban J connectivity index is 0.00000259. The van der Waals surface area contributed by atoms with Crippen molar-refractivity contribution in [2.24, 2.45) is 0 Å². The van der Waals surface area contributed by atoms with Gasteiger partial charge in [0.25, 0.3) is 0 Å². The summed E-state index contributed by atoms with van der Waals surface area (Å²) >= 11 is 5.84. The number of carbonyl (C=O) groups excluding carboxylic acids is 1. The molecule has 1 heterocycles. The van der Waals surface area contributed by atoms with E-state index >= 15 is 0 Å². The molecular formula is C25H19ClFN2NaO3. The number of hydrogen-bond acceptors (Lipinski definition) is 4. The van der Waals surface area contributed by atoms with Crippen LogP contribution in [0.3, 0.4) is 0 Å². The third-order valence-electron chi connectivity index (χ3n) is 5.76. The average Bonchev–Trinajstić information content (AvgIpc) is 3.55. The summed E-state index contributed by atoms with van der Waals surface area (Å²) in [5.74, 6) is -0.472. The summed E-state index contributed by atoms with van der Waals surface area (Å²) in [5, 5.41) is 16.7. The van der Waals surface area contributed by atoms with Gasteiger partial charge in [-0.05, 0) is 54.7 Å². The Bertz CT molecular complexity index is 1340. The first-order valence-electron chi connectivity index (χ1n) is 10.3. The predicted molar refractivity (Wildman–Crippen MR) is 117 cm³/mol. The van der Waals surface area contributed by atoms with Crippen LogP contribution in [0.25, 0.3) is 10.9 Å². The van der Waals surface area contributed by atoms with Gasteiger partial charge in [0, 0.05) is 27.1 Å². The fraction of sp³-hybridized carbons (Fsp3) is 0.200. The monoisotopic (exact) mass is 472 g/mol. The first-order chi connectivity index (χ1) is 15.5. The van der Waals surface area contributed by atoms with Gasteiger partial charge in [-0.2, -0.15) is 5.10 Å². The maximum Gasteiger partial charge on any atom is 1.00 e. The van der Waals surface area contributed by atoms with Crippen molar-refractivity contribution in [1.29, 1.82) is 0 Å². The molecule has 0 N–H and O–H groups in total. The number of halogens is 2. The molecule has 5 nitrogen and oxygen atoms in total. The Morgan fingerprint density at radius 1 is 1.15 bits per heavy atom. The quantitative estimate of drug-likeness (QED) is 0.384. The summed E-state index contributed by atoms with van der Waals surface area (Å²) in [4.78, 5) is 11.4. The van der Waals surface area contributed by atoms with Gasteiger partial charge in [0.2, 0.25) is 0 Å². The molecule has 0 saturated heterocycles. The minimum atomic E-state index is -1.24. The van der Waals surface area contributed by atoms with Crippen molar-refractivity contribution >= 4 is 28.5 Å². The zero-order chi connectivity index (χ0) is 22.2. The SMILES string of the molecule is O=C([O-])c1cccc2c1cnn2Cc1cc(C2CC2)ccc1OCc1ccc(Cl)cc1F.[Na+]. The Hall–Kier alpha value is -2.38. The molecule has 0 aliphatic heterocycles. The molecule has 1 aliphatic rings. The van der Waals surface area contributed by atoms with Gasteiger partial charge in [0.15, 0.2) is 0 Å². The number of rotatable bonds is 7. The molecule has 0 radical (unpaired) electrons. The predicted octanol–water partition coefficient (Wildman–Crippen LogP) is 1.70. The number of carboxylic acids is 1. The molecule has 0 unspecified atom stereocenters. The van der Waals surface area contributed by atoms with Crippen LogP contribution in [0, 0.1) is 5.82 Å². The van der Waals surface area contributed by atoms with Gasteiger partial charge in [-0.1, -0.05) is 35.9 Å². The van der Waals surface area contributed by atoms with E-state index in [1.165, 1.54) is 23.9 Å². The summed E-state index contributed by atoms with van der Waals surface area (Å²) < 4.78 is 21.9. The summed E-state index contributed by atoms with van der Waals surface area (Å²) in [6.45, 7) is 0.451. The number of carboxylic acid groups (broad SMARTS) is 1. The minimum Gasteiger partial charge on any atom is -0.545 e. The molecule has 8 heteroatoms. The summed E-state index contributed by atoms with van der Waals surface area (Å²) in [6.07, 6.45) is 3.86. The summed E-state index contributed by atoms with van der Waals surface area (Å²) in [7, 11) is 0. The molecule has 1 aliphatic carbocycles. The second-order valence-electron chi connectivity index (χ2n) is 7.99. The van der Waals surface area contributed by atoms with Gasteiger partial charge in [0.1, 0.15) is 18.2 Å². The van der Waals surface area contributed by atoms with Crippen LogP contribution in [-0.2, 0) is 13.2 Å². The smallest absolute Gasteiger partial charge is 0.545 e. The molecule has 3 aromatic carbocycles. The van der Waals surface area contributed by atoms with E-state index in [0.29, 0.717) is 39.7 Å². The molecule has 1 saturated carbocycles. The van der Waals surface area contributed by atoms with Gasteiger partial charge >= 0.3 is 29.6 Å². The van der Waals surface area contributed by atoms with Crippen molar-refractivity contribution in [3.63, 3.8) is 0 Å². The van der Waals surface area contributed by atoms with E-state index in [-0.39, 0.29) is 41.7 Å². The van der Waals surface area contributed by atoms with Crippen LogP contribution in [0.5, 0.6) is 5.75 Å². The fourth-order valence-corrected chi connectivity index (χ4v) is 4.06. The van der Waals surface area contributed by atoms with E-state index in [1.54, 1.807) is 22.9 Å². The van der Waals surface area contributed by atoms with Crippen molar-refractivity contribution in [2.75, 3.05) is 0 Å². The van der Waals surface area contributed by atoms with Crippen LogP contribution in [0.2, 0.25) is 5.02 Å². The van der Waals surface area contributed by atoms with E-state index in [9.17, 15) is 14.3 Å². The van der Waals surface area contributed by atoms with Crippen molar-refractivity contribution in [3.05, 3.63) is 93.9 Å². The van der Waals surface area contributed by atoms with Crippen molar-refractivity contribution in [3.8, 4) is 5.75 Å². The van der Waals surface area contributed by atoms with Gasteiger partial charge in [-0.15, -0.1) is 0 Å². The molecular weight excluding hydrogens is 454 g/mol.